The molecule has 0 spiro atoms. The Morgan fingerprint density at radius 2 is 1.64 bits per heavy atom. The summed E-state index contributed by atoms with van der Waals surface area (Å²) < 4.78 is 16.4. The molecule has 0 aromatic heterocycles. The van der Waals surface area contributed by atoms with Crippen LogP contribution in [0.15, 0.2) is 18.2 Å². The third kappa shape index (κ3) is 3.23. The summed E-state index contributed by atoms with van der Waals surface area (Å²) in [5.41, 5.74) is 0.280. The zero-order valence-corrected chi connectivity index (χ0v) is 16.2. The Balaban J connectivity index is 1.22. The predicted molar refractivity (Wildman–Crippen MR) is 101 cm³/mol. The Morgan fingerprint density at radius 3 is 2.29 bits per heavy atom. The molecule has 4 saturated carbocycles. The van der Waals surface area contributed by atoms with Crippen molar-refractivity contribution in [1.82, 2.24) is 5.32 Å². The van der Waals surface area contributed by atoms with E-state index < -0.39 is 12.1 Å². The number of fused-ring (bicyclic) bond motifs is 1. The summed E-state index contributed by atoms with van der Waals surface area (Å²) >= 11 is 0. The molecule has 4 bridgehead atoms. The summed E-state index contributed by atoms with van der Waals surface area (Å²) in [5, 5.41) is 3.27. The van der Waals surface area contributed by atoms with E-state index >= 15 is 0 Å². The number of esters is 1. The molecule has 1 N–H and O–H groups in total. The Bertz CT molecular complexity index is 769. The lowest BCUT2D eigenvalue weighted by Crippen LogP contribution is -2.61. The van der Waals surface area contributed by atoms with Gasteiger partial charge in [-0.15, -0.1) is 0 Å². The standard InChI is InChI=1S/C22H27NO5/c1-13(28-21(25)17-2-3-18-19(9-17)27-5-4-26-18)20(24)23-22-10-14-6-15(11-22)8-16(7-14)12-22/h2-3,9,13-16H,4-8,10-12H2,1H3,(H,23,24)/t13-,14?,15?,16?,22?/m1/s1. The third-order valence-corrected chi connectivity index (χ3v) is 6.86. The van der Waals surface area contributed by atoms with Gasteiger partial charge >= 0.3 is 5.97 Å². The van der Waals surface area contributed by atoms with Crippen molar-refractivity contribution in [3.63, 3.8) is 0 Å². The molecule has 0 saturated heterocycles. The van der Waals surface area contributed by atoms with Crippen molar-refractivity contribution in [2.75, 3.05) is 13.2 Å². The molecule has 5 aliphatic rings. The average Bonchev–Trinajstić information content (AvgIpc) is 2.66. The number of ether oxygens (including phenoxy) is 3. The highest BCUT2D eigenvalue weighted by Gasteiger charge is 2.51. The molecule has 4 fully saturated rings. The van der Waals surface area contributed by atoms with Crippen LogP contribution >= 0.6 is 0 Å². The highest BCUT2D eigenvalue weighted by molar-refractivity contribution is 5.93. The van der Waals surface area contributed by atoms with Gasteiger partial charge < -0.3 is 19.5 Å². The fourth-order valence-electron chi connectivity index (χ4n) is 6.08. The highest BCUT2D eigenvalue weighted by Crippen LogP contribution is 2.55. The van der Waals surface area contributed by atoms with Gasteiger partial charge in [-0.25, -0.2) is 4.79 Å². The van der Waals surface area contributed by atoms with Crippen LogP contribution in [0, 0.1) is 17.8 Å². The Labute approximate surface area is 164 Å². The van der Waals surface area contributed by atoms with E-state index in [0.29, 0.717) is 30.3 Å². The SMILES string of the molecule is C[C@@H](OC(=O)c1ccc2c(c1)OCCO2)C(=O)NC12CC3CC(CC(C3)C1)C2. The monoisotopic (exact) mass is 385 g/mol. The number of nitrogens with one attached hydrogen (secondary N) is 1. The molecule has 1 atom stereocenters. The van der Waals surface area contributed by atoms with Gasteiger partial charge in [-0.1, -0.05) is 0 Å². The summed E-state index contributed by atoms with van der Waals surface area (Å²) in [6.45, 7) is 2.60. The zero-order valence-electron chi connectivity index (χ0n) is 16.2. The quantitative estimate of drug-likeness (QED) is 0.807. The first-order valence-corrected chi connectivity index (χ1v) is 10.4. The molecule has 6 nitrogen and oxygen atoms in total. The second kappa shape index (κ2) is 6.68. The normalized spacial score (nSPS) is 33.2. The largest absolute Gasteiger partial charge is 0.486 e. The average molecular weight is 385 g/mol. The van der Waals surface area contributed by atoms with Gasteiger partial charge in [0.05, 0.1) is 5.56 Å². The number of amides is 1. The smallest absolute Gasteiger partial charge is 0.339 e. The van der Waals surface area contributed by atoms with Crippen LogP contribution in [0.5, 0.6) is 11.5 Å². The maximum absolute atomic E-state index is 12.8. The van der Waals surface area contributed by atoms with E-state index in [4.69, 9.17) is 14.2 Å². The molecule has 6 rings (SSSR count). The van der Waals surface area contributed by atoms with Crippen molar-refractivity contribution in [3.05, 3.63) is 23.8 Å². The molecular formula is C22H27NO5. The minimum atomic E-state index is -0.825. The first-order chi connectivity index (χ1) is 13.5. The predicted octanol–water partition coefficient (Wildman–Crippen LogP) is 3.09. The van der Waals surface area contributed by atoms with Crippen LogP contribution in [0.3, 0.4) is 0 Å². The molecule has 1 heterocycles. The van der Waals surface area contributed by atoms with Crippen LogP contribution in [0.2, 0.25) is 0 Å². The van der Waals surface area contributed by atoms with Crippen LogP contribution in [-0.4, -0.2) is 36.7 Å². The van der Waals surface area contributed by atoms with E-state index in [2.05, 4.69) is 5.32 Å². The van der Waals surface area contributed by atoms with Crippen molar-refractivity contribution in [1.29, 1.82) is 0 Å². The first-order valence-electron chi connectivity index (χ1n) is 10.4. The second-order valence-corrected chi connectivity index (χ2v) is 9.09. The van der Waals surface area contributed by atoms with E-state index in [9.17, 15) is 9.59 Å². The van der Waals surface area contributed by atoms with Gasteiger partial charge in [0.15, 0.2) is 17.6 Å². The van der Waals surface area contributed by atoms with Crippen molar-refractivity contribution in [2.24, 2.45) is 17.8 Å². The second-order valence-electron chi connectivity index (χ2n) is 9.09. The van der Waals surface area contributed by atoms with E-state index in [1.807, 2.05) is 0 Å². The van der Waals surface area contributed by atoms with Crippen LogP contribution in [0.4, 0.5) is 0 Å². The Hall–Kier alpha value is -2.24. The molecular weight excluding hydrogens is 358 g/mol. The molecule has 1 aromatic carbocycles. The maximum atomic E-state index is 12.8. The van der Waals surface area contributed by atoms with Gasteiger partial charge in [0.1, 0.15) is 13.2 Å². The number of hydrogen-bond donors (Lipinski definition) is 1. The fourth-order valence-corrected chi connectivity index (χ4v) is 6.08. The van der Waals surface area contributed by atoms with Gasteiger partial charge in [0, 0.05) is 5.54 Å². The minimum Gasteiger partial charge on any atom is -0.486 e. The minimum absolute atomic E-state index is 0.0799. The van der Waals surface area contributed by atoms with Crippen LogP contribution in [-0.2, 0) is 9.53 Å². The van der Waals surface area contributed by atoms with Crippen molar-refractivity contribution < 1.29 is 23.8 Å². The van der Waals surface area contributed by atoms with Gasteiger partial charge in [-0.3, -0.25) is 4.79 Å². The lowest BCUT2D eigenvalue weighted by atomic mass is 9.53. The number of carbonyl (C=O) groups is 2. The van der Waals surface area contributed by atoms with Gasteiger partial charge in [0.2, 0.25) is 0 Å². The molecule has 0 radical (unpaired) electrons. The summed E-state index contributed by atoms with van der Waals surface area (Å²) in [5.74, 6) is 2.70. The lowest BCUT2D eigenvalue weighted by molar-refractivity contribution is -0.134. The van der Waals surface area contributed by atoms with Crippen molar-refractivity contribution in [3.8, 4) is 11.5 Å². The van der Waals surface area contributed by atoms with Crippen LogP contribution in [0.1, 0.15) is 55.8 Å². The van der Waals surface area contributed by atoms with Gasteiger partial charge in [-0.05, 0) is 81.4 Å². The van der Waals surface area contributed by atoms with Crippen molar-refractivity contribution in [2.45, 2.75) is 57.1 Å². The van der Waals surface area contributed by atoms with E-state index in [1.165, 1.54) is 19.3 Å². The molecule has 28 heavy (non-hydrogen) atoms. The third-order valence-electron chi connectivity index (χ3n) is 6.86. The summed E-state index contributed by atoms with van der Waals surface area (Å²) in [6, 6.07) is 4.95. The van der Waals surface area contributed by atoms with E-state index in [0.717, 1.165) is 37.0 Å². The molecule has 6 heteroatoms. The van der Waals surface area contributed by atoms with Gasteiger partial charge in [-0.2, -0.15) is 0 Å². The number of carbonyl (C=O) groups excluding carboxylic acids is 2. The molecule has 150 valence electrons. The molecule has 4 aliphatic carbocycles. The molecule has 0 unspecified atom stereocenters. The maximum Gasteiger partial charge on any atom is 0.339 e. The van der Waals surface area contributed by atoms with Crippen molar-refractivity contribution >= 4 is 11.9 Å². The lowest BCUT2D eigenvalue weighted by Gasteiger charge is -2.57. The number of hydrogen-bond acceptors (Lipinski definition) is 5. The number of benzene rings is 1. The molecule has 1 aliphatic heterocycles. The number of rotatable bonds is 4. The summed E-state index contributed by atoms with van der Waals surface area (Å²) in [7, 11) is 0. The topological polar surface area (TPSA) is 73.9 Å². The molecule has 1 amide bonds. The Kier molecular flexibility index (Phi) is 4.25. The van der Waals surface area contributed by atoms with E-state index in [-0.39, 0.29) is 11.4 Å². The summed E-state index contributed by atoms with van der Waals surface area (Å²) in [6.07, 6.45) is 6.38. The Morgan fingerprint density at radius 1 is 1.04 bits per heavy atom. The summed E-state index contributed by atoms with van der Waals surface area (Å²) in [4.78, 5) is 25.3. The van der Waals surface area contributed by atoms with Gasteiger partial charge in [0.25, 0.3) is 5.91 Å². The zero-order chi connectivity index (χ0) is 19.3. The van der Waals surface area contributed by atoms with Crippen LogP contribution < -0.4 is 14.8 Å². The van der Waals surface area contributed by atoms with Crippen LogP contribution in [0.25, 0.3) is 0 Å². The van der Waals surface area contributed by atoms with E-state index in [1.54, 1.807) is 25.1 Å². The first kappa shape index (κ1) is 17.8. The highest BCUT2D eigenvalue weighted by atomic mass is 16.6. The molecule has 1 aromatic rings. The fraction of sp³-hybridized carbons (Fsp3) is 0.636.